The standard InChI is InChI=1S/C9H11BrN2O4/c1-3-16-8(14)7-6(4-10)11-9(15)12(7)5(2)13/h3-4H2,1-2H3,(H,11,15). The van der Waals surface area contributed by atoms with Gasteiger partial charge in [0.15, 0.2) is 5.69 Å². The minimum Gasteiger partial charge on any atom is -0.461 e. The fourth-order valence-electron chi connectivity index (χ4n) is 1.29. The van der Waals surface area contributed by atoms with Gasteiger partial charge in [-0.25, -0.2) is 14.2 Å². The van der Waals surface area contributed by atoms with Gasteiger partial charge in [0.05, 0.1) is 12.3 Å². The van der Waals surface area contributed by atoms with Crippen molar-refractivity contribution in [1.29, 1.82) is 0 Å². The second-order valence-corrected chi connectivity index (χ2v) is 3.53. The fourth-order valence-corrected chi connectivity index (χ4v) is 1.70. The van der Waals surface area contributed by atoms with E-state index >= 15 is 0 Å². The van der Waals surface area contributed by atoms with E-state index in [0.29, 0.717) is 5.69 Å². The first-order chi connectivity index (χ1) is 7.52. The molecule has 0 saturated carbocycles. The van der Waals surface area contributed by atoms with Crippen LogP contribution in [-0.4, -0.2) is 28.0 Å². The van der Waals surface area contributed by atoms with Gasteiger partial charge in [0.25, 0.3) is 0 Å². The topological polar surface area (TPSA) is 81.2 Å². The van der Waals surface area contributed by atoms with Crippen molar-refractivity contribution in [2.75, 3.05) is 6.61 Å². The van der Waals surface area contributed by atoms with Crippen molar-refractivity contribution >= 4 is 27.8 Å². The Bertz CT molecular complexity index is 474. The highest BCUT2D eigenvalue weighted by Crippen LogP contribution is 2.10. The third kappa shape index (κ3) is 2.24. The van der Waals surface area contributed by atoms with Crippen molar-refractivity contribution in [3.05, 3.63) is 21.9 Å². The Morgan fingerprint density at radius 1 is 1.50 bits per heavy atom. The lowest BCUT2D eigenvalue weighted by atomic mass is 10.3. The number of hydrogen-bond donors (Lipinski definition) is 1. The third-order valence-corrected chi connectivity index (χ3v) is 2.45. The number of hydrogen-bond acceptors (Lipinski definition) is 4. The van der Waals surface area contributed by atoms with Crippen molar-refractivity contribution in [3.8, 4) is 0 Å². The minimum atomic E-state index is -0.689. The first-order valence-corrected chi connectivity index (χ1v) is 5.73. The van der Waals surface area contributed by atoms with Crippen LogP contribution >= 0.6 is 15.9 Å². The van der Waals surface area contributed by atoms with Crippen molar-refractivity contribution in [1.82, 2.24) is 9.55 Å². The molecule has 1 N–H and O–H groups in total. The summed E-state index contributed by atoms with van der Waals surface area (Å²) in [6.45, 7) is 3.03. The van der Waals surface area contributed by atoms with Gasteiger partial charge in [-0.05, 0) is 6.92 Å². The summed E-state index contributed by atoms with van der Waals surface area (Å²) in [6, 6.07) is 0. The van der Waals surface area contributed by atoms with Gasteiger partial charge < -0.3 is 9.72 Å². The number of rotatable bonds is 3. The first-order valence-electron chi connectivity index (χ1n) is 4.60. The number of esters is 1. The van der Waals surface area contributed by atoms with Crippen LogP contribution in [0.1, 0.15) is 34.8 Å². The van der Waals surface area contributed by atoms with E-state index in [1.165, 1.54) is 6.92 Å². The molecule has 0 bridgehead atoms. The number of nitrogens with one attached hydrogen (secondary N) is 1. The normalized spacial score (nSPS) is 10.2. The Morgan fingerprint density at radius 2 is 2.12 bits per heavy atom. The highest BCUT2D eigenvalue weighted by Gasteiger charge is 2.23. The van der Waals surface area contributed by atoms with E-state index in [1.807, 2.05) is 0 Å². The smallest absolute Gasteiger partial charge is 0.357 e. The summed E-state index contributed by atoms with van der Waals surface area (Å²) in [5.74, 6) is -1.22. The van der Waals surface area contributed by atoms with Gasteiger partial charge in [-0.2, -0.15) is 0 Å². The van der Waals surface area contributed by atoms with E-state index in [4.69, 9.17) is 4.74 Å². The van der Waals surface area contributed by atoms with E-state index in [-0.39, 0.29) is 17.6 Å². The second kappa shape index (κ2) is 5.11. The number of aromatic nitrogens is 2. The molecular weight excluding hydrogens is 280 g/mol. The molecule has 0 aromatic carbocycles. The van der Waals surface area contributed by atoms with Crippen LogP contribution in [0.2, 0.25) is 0 Å². The van der Waals surface area contributed by atoms with Crippen molar-refractivity contribution < 1.29 is 14.3 Å². The maximum Gasteiger partial charge on any atom is 0.357 e. The third-order valence-electron chi connectivity index (χ3n) is 1.89. The molecule has 1 heterocycles. The zero-order chi connectivity index (χ0) is 12.3. The number of aromatic amines is 1. The van der Waals surface area contributed by atoms with Crippen LogP contribution in [0.4, 0.5) is 0 Å². The summed E-state index contributed by atoms with van der Waals surface area (Å²) in [5.41, 5.74) is -0.347. The summed E-state index contributed by atoms with van der Waals surface area (Å²) in [6.07, 6.45) is 0. The SMILES string of the molecule is CCOC(=O)c1c(CBr)[nH]c(=O)n1C(C)=O. The van der Waals surface area contributed by atoms with Crippen LogP contribution in [0.15, 0.2) is 4.79 Å². The predicted octanol–water partition coefficient (Wildman–Crippen LogP) is 0.908. The highest BCUT2D eigenvalue weighted by molar-refractivity contribution is 9.08. The minimum absolute atomic E-state index is 0.0452. The van der Waals surface area contributed by atoms with Gasteiger partial charge >= 0.3 is 11.7 Å². The summed E-state index contributed by atoms with van der Waals surface area (Å²) in [7, 11) is 0. The monoisotopic (exact) mass is 290 g/mol. The number of carbonyl (C=O) groups is 2. The zero-order valence-electron chi connectivity index (χ0n) is 8.87. The van der Waals surface area contributed by atoms with Gasteiger partial charge in [0.1, 0.15) is 0 Å². The fraction of sp³-hybridized carbons (Fsp3) is 0.444. The molecular formula is C9H11BrN2O4. The van der Waals surface area contributed by atoms with Gasteiger partial charge in [0.2, 0.25) is 5.91 Å². The molecule has 0 aliphatic carbocycles. The second-order valence-electron chi connectivity index (χ2n) is 2.97. The molecule has 88 valence electrons. The van der Waals surface area contributed by atoms with Crippen LogP contribution in [0.5, 0.6) is 0 Å². The van der Waals surface area contributed by atoms with E-state index in [0.717, 1.165) is 4.57 Å². The molecule has 6 nitrogen and oxygen atoms in total. The molecule has 0 aliphatic heterocycles. The van der Waals surface area contributed by atoms with Crippen LogP contribution in [0.25, 0.3) is 0 Å². The molecule has 0 radical (unpaired) electrons. The molecule has 1 aromatic heterocycles. The zero-order valence-corrected chi connectivity index (χ0v) is 10.5. The number of nitrogens with zero attached hydrogens (tertiary/aromatic N) is 1. The molecule has 1 rings (SSSR count). The first kappa shape index (κ1) is 12.7. The largest absolute Gasteiger partial charge is 0.461 e. The van der Waals surface area contributed by atoms with E-state index < -0.39 is 17.6 Å². The van der Waals surface area contributed by atoms with Crippen LogP contribution < -0.4 is 5.69 Å². The number of halogens is 1. The summed E-state index contributed by atoms with van der Waals surface area (Å²) in [5, 5.41) is 0.261. The molecule has 0 saturated heterocycles. The number of ether oxygens (including phenoxy) is 1. The highest BCUT2D eigenvalue weighted by atomic mass is 79.9. The van der Waals surface area contributed by atoms with Crippen LogP contribution in [-0.2, 0) is 10.1 Å². The van der Waals surface area contributed by atoms with Gasteiger partial charge in [0, 0.05) is 12.3 Å². The molecule has 0 fully saturated rings. The summed E-state index contributed by atoms with van der Waals surface area (Å²) in [4.78, 5) is 36.7. The van der Waals surface area contributed by atoms with Crippen molar-refractivity contribution in [2.24, 2.45) is 0 Å². The Hall–Kier alpha value is -1.37. The number of carbonyl (C=O) groups excluding carboxylic acids is 2. The number of alkyl halides is 1. The number of H-pyrrole nitrogens is 1. The van der Waals surface area contributed by atoms with Crippen LogP contribution in [0, 0.1) is 0 Å². The Kier molecular flexibility index (Phi) is 4.05. The van der Waals surface area contributed by atoms with E-state index in [1.54, 1.807) is 6.92 Å². The Morgan fingerprint density at radius 3 is 2.56 bits per heavy atom. The number of imidazole rings is 1. The molecule has 16 heavy (non-hydrogen) atoms. The summed E-state index contributed by atoms with van der Waals surface area (Å²) >= 11 is 3.12. The molecule has 1 aromatic rings. The summed E-state index contributed by atoms with van der Waals surface area (Å²) < 4.78 is 5.56. The molecule has 0 spiro atoms. The molecule has 0 aliphatic rings. The van der Waals surface area contributed by atoms with Gasteiger partial charge in [-0.15, -0.1) is 0 Å². The molecule has 0 amide bonds. The van der Waals surface area contributed by atoms with Crippen molar-refractivity contribution in [2.45, 2.75) is 19.2 Å². The lowest BCUT2D eigenvalue weighted by Crippen LogP contribution is -2.26. The van der Waals surface area contributed by atoms with Crippen molar-refractivity contribution in [3.63, 3.8) is 0 Å². The van der Waals surface area contributed by atoms with Gasteiger partial charge in [-0.1, -0.05) is 15.9 Å². The average Bonchev–Trinajstić information content (AvgIpc) is 2.55. The van der Waals surface area contributed by atoms with E-state index in [2.05, 4.69) is 20.9 Å². The average molecular weight is 291 g/mol. The Labute approximate surface area is 99.7 Å². The predicted molar refractivity (Wildman–Crippen MR) is 59.9 cm³/mol. The molecule has 7 heteroatoms. The lowest BCUT2D eigenvalue weighted by molar-refractivity contribution is 0.0507. The van der Waals surface area contributed by atoms with E-state index in [9.17, 15) is 14.4 Å². The Balaban J connectivity index is 3.38. The maximum absolute atomic E-state index is 11.6. The molecule has 0 unspecified atom stereocenters. The molecule has 0 atom stereocenters. The van der Waals surface area contributed by atoms with Crippen LogP contribution in [0.3, 0.4) is 0 Å². The quantitative estimate of drug-likeness (QED) is 0.663. The lowest BCUT2D eigenvalue weighted by Gasteiger charge is -2.04. The van der Waals surface area contributed by atoms with Gasteiger partial charge in [-0.3, -0.25) is 4.79 Å². The maximum atomic E-state index is 11.6.